The molecule has 1 heterocycles. The van der Waals surface area contributed by atoms with Gasteiger partial charge in [-0.3, -0.25) is 5.32 Å². The highest BCUT2D eigenvalue weighted by molar-refractivity contribution is 7.15. The normalized spacial score (nSPS) is 13.6. The molecule has 4 nitrogen and oxygen atoms in total. The van der Waals surface area contributed by atoms with Crippen LogP contribution in [0.4, 0.5) is 15.6 Å². The van der Waals surface area contributed by atoms with Gasteiger partial charge in [-0.2, -0.15) is 0 Å². The summed E-state index contributed by atoms with van der Waals surface area (Å²) in [5.41, 5.74) is 4.18. The number of fused-ring (bicyclic) bond motifs is 1. The molecule has 0 atom stereocenters. The summed E-state index contributed by atoms with van der Waals surface area (Å²) in [5, 5.41) is 6.45. The number of rotatable bonds is 2. The first-order chi connectivity index (χ1) is 10.1. The fourth-order valence-corrected chi connectivity index (χ4v) is 3.57. The van der Waals surface area contributed by atoms with E-state index < -0.39 is 0 Å². The third kappa shape index (κ3) is 3.24. The molecule has 2 amide bonds. The van der Waals surface area contributed by atoms with Crippen LogP contribution >= 0.6 is 11.3 Å². The van der Waals surface area contributed by atoms with Crippen molar-refractivity contribution in [2.24, 2.45) is 0 Å². The molecule has 1 aliphatic carbocycles. The van der Waals surface area contributed by atoms with Crippen LogP contribution in [0.1, 0.15) is 34.5 Å². The summed E-state index contributed by atoms with van der Waals surface area (Å²) in [6, 6.07) is 5.79. The fourth-order valence-electron chi connectivity index (χ4n) is 2.53. The molecule has 110 valence electrons. The second kappa shape index (κ2) is 5.85. The van der Waals surface area contributed by atoms with Gasteiger partial charge in [0.05, 0.1) is 5.69 Å². The molecule has 0 saturated carbocycles. The predicted octanol–water partition coefficient (Wildman–Crippen LogP) is 4.28. The number of thiazole rings is 1. The zero-order valence-corrected chi connectivity index (χ0v) is 13.1. The third-order valence-electron chi connectivity index (χ3n) is 3.71. The largest absolute Gasteiger partial charge is 0.325 e. The Bertz CT molecular complexity index is 655. The SMILES string of the molecule is Cc1ccc(C)c(NC(=O)Nc2nc3c(s2)CCCC3)c1. The van der Waals surface area contributed by atoms with Crippen LogP contribution in [0.15, 0.2) is 18.2 Å². The van der Waals surface area contributed by atoms with Gasteiger partial charge in [-0.25, -0.2) is 9.78 Å². The average molecular weight is 301 g/mol. The Morgan fingerprint density at radius 3 is 2.81 bits per heavy atom. The Morgan fingerprint density at radius 1 is 1.19 bits per heavy atom. The number of carbonyl (C=O) groups is 1. The van der Waals surface area contributed by atoms with Crippen molar-refractivity contribution >= 4 is 28.2 Å². The number of aryl methyl sites for hydroxylation is 4. The lowest BCUT2D eigenvalue weighted by Gasteiger charge is -2.09. The van der Waals surface area contributed by atoms with Gasteiger partial charge in [0, 0.05) is 10.6 Å². The molecule has 3 rings (SSSR count). The van der Waals surface area contributed by atoms with Gasteiger partial charge in [-0.15, -0.1) is 11.3 Å². The smallest absolute Gasteiger partial charge is 0.307 e. The van der Waals surface area contributed by atoms with Crippen LogP contribution < -0.4 is 10.6 Å². The van der Waals surface area contributed by atoms with Crippen LogP contribution in [-0.2, 0) is 12.8 Å². The maximum Gasteiger partial charge on any atom is 0.325 e. The van der Waals surface area contributed by atoms with Gasteiger partial charge >= 0.3 is 6.03 Å². The van der Waals surface area contributed by atoms with Gasteiger partial charge < -0.3 is 5.32 Å². The third-order valence-corrected chi connectivity index (χ3v) is 4.78. The molecule has 1 aliphatic rings. The van der Waals surface area contributed by atoms with Crippen molar-refractivity contribution in [1.29, 1.82) is 0 Å². The van der Waals surface area contributed by atoms with E-state index in [4.69, 9.17) is 0 Å². The molecule has 2 aromatic rings. The average Bonchev–Trinajstić information content (AvgIpc) is 2.84. The van der Waals surface area contributed by atoms with Crippen molar-refractivity contribution < 1.29 is 4.79 Å². The van der Waals surface area contributed by atoms with Gasteiger partial charge in [0.1, 0.15) is 0 Å². The van der Waals surface area contributed by atoms with Gasteiger partial charge in [0.2, 0.25) is 0 Å². The van der Waals surface area contributed by atoms with Crippen molar-refractivity contribution in [1.82, 2.24) is 4.98 Å². The Balaban J connectivity index is 1.69. The van der Waals surface area contributed by atoms with E-state index in [1.54, 1.807) is 11.3 Å². The van der Waals surface area contributed by atoms with Crippen LogP contribution in [0.25, 0.3) is 0 Å². The molecule has 21 heavy (non-hydrogen) atoms. The molecule has 0 aliphatic heterocycles. The van der Waals surface area contributed by atoms with Crippen molar-refractivity contribution in [3.05, 3.63) is 39.9 Å². The number of nitrogens with zero attached hydrogens (tertiary/aromatic N) is 1. The summed E-state index contributed by atoms with van der Waals surface area (Å²) in [6.07, 6.45) is 4.55. The lowest BCUT2D eigenvalue weighted by Crippen LogP contribution is -2.20. The van der Waals surface area contributed by atoms with Crippen LogP contribution in [0, 0.1) is 13.8 Å². The van der Waals surface area contributed by atoms with Gasteiger partial charge in [0.25, 0.3) is 0 Å². The zero-order chi connectivity index (χ0) is 14.8. The standard InChI is InChI=1S/C16H19N3OS/c1-10-7-8-11(2)13(9-10)17-15(20)19-16-18-12-5-3-4-6-14(12)21-16/h7-9H,3-6H2,1-2H3,(H2,17,18,19,20). The minimum Gasteiger partial charge on any atom is -0.307 e. The van der Waals surface area contributed by atoms with Crippen LogP contribution in [0.3, 0.4) is 0 Å². The molecule has 0 unspecified atom stereocenters. The molecule has 0 saturated heterocycles. The van der Waals surface area contributed by atoms with Gasteiger partial charge in [0.15, 0.2) is 5.13 Å². The molecule has 0 bridgehead atoms. The second-order valence-corrected chi connectivity index (χ2v) is 6.58. The Morgan fingerprint density at radius 2 is 2.00 bits per heavy atom. The van der Waals surface area contributed by atoms with Crippen LogP contribution in [-0.4, -0.2) is 11.0 Å². The van der Waals surface area contributed by atoms with Crippen molar-refractivity contribution in [3.8, 4) is 0 Å². The van der Waals surface area contributed by atoms with Gasteiger partial charge in [-0.1, -0.05) is 12.1 Å². The number of aromatic nitrogens is 1. The highest BCUT2D eigenvalue weighted by Crippen LogP contribution is 2.29. The monoisotopic (exact) mass is 301 g/mol. The Kier molecular flexibility index (Phi) is 3.92. The fraction of sp³-hybridized carbons (Fsp3) is 0.375. The van der Waals surface area contributed by atoms with Crippen LogP contribution in [0.2, 0.25) is 0 Å². The minimum atomic E-state index is -0.227. The summed E-state index contributed by atoms with van der Waals surface area (Å²) in [5.74, 6) is 0. The van der Waals surface area contributed by atoms with E-state index in [1.807, 2.05) is 32.0 Å². The van der Waals surface area contributed by atoms with E-state index >= 15 is 0 Å². The number of benzene rings is 1. The first kappa shape index (κ1) is 14.1. The van der Waals surface area contributed by atoms with Crippen molar-refractivity contribution in [2.45, 2.75) is 39.5 Å². The zero-order valence-electron chi connectivity index (χ0n) is 12.3. The number of amides is 2. The topological polar surface area (TPSA) is 54.0 Å². The molecule has 2 N–H and O–H groups in total. The lowest BCUT2D eigenvalue weighted by molar-refractivity contribution is 0.262. The van der Waals surface area contributed by atoms with E-state index in [0.717, 1.165) is 35.3 Å². The van der Waals surface area contributed by atoms with E-state index in [-0.39, 0.29) is 6.03 Å². The number of hydrogen-bond acceptors (Lipinski definition) is 3. The first-order valence-electron chi connectivity index (χ1n) is 7.25. The summed E-state index contributed by atoms with van der Waals surface area (Å²) < 4.78 is 0. The molecule has 0 fully saturated rings. The van der Waals surface area contributed by atoms with Gasteiger partial charge in [-0.05, 0) is 56.7 Å². The molecule has 1 aromatic heterocycles. The summed E-state index contributed by atoms with van der Waals surface area (Å²) in [7, 11) is 0. The summed E-state index contributed by atoms with van der Waals surface area (Å²) in [6.45, 7) is 3.99. The summed E-state index contributed by atoms with van der Waals surface area (Å²) >= 11 is 1.60. The first-order valence-corrected chi connectivity index (χ1v) is 8.07. The molecular formula is C16H19N3OS. The molecule has 0 spiro atoms. The molecule has 1 aromatic carbocycles. The quantitative estimate of drug-likeness (QED) is 0.869. The van der Waals surface area contributed by atoms with E-state index in [2.05, 4.69) is 15.6 Å². The van der Waals surface area contributed by atoms with E-state index in [9.17, 15) is 4.79 Å². The molecule has 0 radical (unpaired) electrons. The minimum absolute atomic E-state index is 0.227. The number of urea groups is 1. The number of hydrogen-bond donors (Lipinski definition) is 2. The lowest BCUT2D eigenvalue weighted by atomic mass is 10.0. The second-order valence-electron chi connectivity index (χ2n) is 5.49. The summed E-state index contributed by atoms with van der Waals surface area (Å²) in [4.78, 5) is 17.9. The highest BCUT2D eigenvalue weighted by Gasteiger charge is 2.16. The number of carbonyl (C=O) groups excluding carboxylic acids is 1. The maximum absolute atomic E-state index is 12.1. The molecule has 5 heteroatoms. The predicted molar refractivity (Wildman–Crippen MR) is 87.3 cm³/mol. The Labute approximate surface area is 128 Å². The van der Waals surface area contributed by atoms with E-state index in [0.29, 0.717) is 5.13 Å². The number of nitrogens with one attached hydrogen (secondary N) is 2. The van der Waals surface area contributed by atoms with Crippen LogP contribution in [0.5, 0.6) is 0 Å². The Hall–Kier alpha value is -1.88. The molecular weight excluding hydrogens is 282 g/mol. The van der Waals surface area contributed by atoms with Crippen molar-refractivity contribution in [2.75, 3.05) is 10.6 Å². The van der Waals surface area contributed by atoms with Crippen molar-refractivity contribution in [3.63, 3.8) is 0 Å². The maximum atomic E-state index is 12.1. The highest BCUT2D eigenvalue weighted by atomic mass is 32.1. The number of anilines is 2. The van der Waals surface area contributed by atoms with E-state index in [1.165, 1.54) is 17.7 Å².